The molecule has 5 rings (SSSR count). The molecule has 2 bridgehead atoms. The first-order chi connectivity index (χ1) is 15.1. The summed E-state index contributed by atoms with van der Waals surface area (Å²) < 4.78 is 20.6. The number of rotatable bonds is 4. The number of pyridine rings is 1. The van der Waals surface area contributed by atoms with Crippen LogP contribution in [0.3, 0.4) is 0 Å². The van der Waals surface area contributed by atoms with Crippen LogP contribution in [0.5, 0.6) is 11.6 Å². The Morgan fingerprint density at radius 2 is 1.94 bits per heavy atom. The fraction of sp³-hybridized carbons (Fsp3) is 0.375. The smallest absolute Gasteiger partial charge is 0.233 e. The molecule has 0 aliphatic carbocycles. The molecule has 2 N–H and O–H groups in total. The summed E-state index contributed by atoms with van der Waals surface area (Å²) in [5, 5.41) is 22.3. The van der Waals surface area contributed by atoms with E-state index in [-0.39, 0.29) is 11.8 Å². The second-order valence-corrected chi connectivity index (χ2v) is 8.41. The van der Waals surface area contributed by atoms with E-state index in [2.05, 4.69) is 20.5 Å². The molecule has 1 aromatic carbocycles. The van der Waals surface area contributed by atoms with Crippen molar-refractivity contribution in [3.8, 4) is 34.0 Å². The minimum Gasteiger partial charge on any atom is -0.507 e. The number of nitrogens with zero attached hydrogens (tertiary/aromatic N) is 3. The van der Waals surface area contributed by atoms with Gasteiger partial charge in [-0.15, -0.1) is 10.2 Å². The van der Waals surface area contributed by atoms with Crippen LogP contribution in [0.2, 0.25) is 0 Å². The first-order valence-corrected chi connectivity index (χ1v) is 10.7. The van der Waals surface area contributed by atoms with Gasteiger partial charge in [-0.2, -0.15) is 0 Å². The van der Waals surface area contributed by atoms with Crippen molar-refractivity contribution in [2.45, 2.75) is 57.0 Å². The van der Waals surface area contributed by atoms with Gasteiger partial charge >= 0.3 is 0 Å². The third-order valence-corrected chi connectivity index (χ3v) is 6.19. The standard InChI is InChI=1S/C24H25FN4O2/c1-14-11-16(9-10-26-14)15-5-6-18(21(30)12-15)19-7-8-23(29-28-19)31-22-13-17-3-2-4-20(27-17)24(22)25/h5-12,17,20,22,24,27,30H,2-4,13H2,1H3/t17?,20?,22-,24+/m0/s1. The number of alkyl halides is 1. The van der Waals surface area contributed by atoms with Gasteiger partial charge < -0.3 is 15.2 Å². The largest absolute Gasteiger partial charge is 0.507 e. The molecule has 2 aromatic heterocycles. The molecule has 7 heteroatoms. The minimum atomic E-state index is -1.05. The Kier molecular flexibility index (Phi) is 5.28. The van der Waals surface area contributed by atoms with Crippen LogP contribution >= 0.6 is 0 Å². The summed E-state index contributed by atoms with van der Waals surface area (Å²) in [5.74, 6) is 0.421. The molecule has 2 fully saturated rings. The Bertz CT molecular complexity index is 1080. The van der Waals surface area contributed by atoms with Crippen molar-refractivity contribution in [3.05, 3.63) is 54.4 Å². The van der Waals surface area contributed by atoms with E-state index in [0.29, 0.717) is 29.6 Å². The Morgan fingerprint density at radius 1 is 1.06 bits per heavy atom. The third-order valence-electron chi connectivity index (χ3n) is 6.19. The molecular formula is C24H25FN4O2. The number of benzene rings is 1. The maximum absolute atomic E-state index is 14.7. The van der Waals surface area contributed by atoms with Gasteiger partial charge in [0, 0.05) is 42.0 Å². The zero-order valence-electron chi connectivity index (χ0n) is 17.3. The molecule has 4 atom stereocenters. The lowest BCUT2D eigenvalue weighted by Crippen LogP contribution is -2.59. The SMILES string of the molecule is Cc1cc(-c2ccc(-c3ccc(O[C@H]4CC5CCCC(N5)[C@H]4F)nn3)c(O)c2)ccn1. The molecule has 0 saturated carbocycles. The number of piperidine rings is 2. The van der Waals surface area contributed by atoms with E-state index in [1.54, 1.807) is 24.4 Å². The molecule has 0 spiro atoms. The third kappa shape index (κ3) is 4.10. The van der Waals surface area contributed by atoms with E-state index >= 15 is 0 Å². The number of hydrogen-bond donors (Lipinski definition) is 2. The Hall–Kier alpha value is -3.06. The summed E-state index contributed by atoms with van der Waals surface area (Å²) in [5.41, 5.74) is 3.90. The van der Waals surface area contributed by atoms with E-state index in [9.17, 15) is 9.50 Å². The predicted molar refractivity (Wildman–Crippen MR) is 116 cm³/mol. The van der Waals surface area contributed by atoms with E-state index in [1.807, 2.05) is 31.2 Å². The number of ether oxygens (including phenoxy) is 1. The zero-order valence-corrected chi connectivity index (χ0v) is 17.3. The van der Waals surface area contributed by atoms with E-state index in [0.717, 1.165) is 36.1 Å². The summed E-state index contributed by atoms with van der Waals surface area (Å²) >= 11 is 0. The fourth-order valence-electron chi connectivity index (χ4n) is 4.61. The van der Waals surface area contributed by atoms with Crippen LogP contribution < -0.4 is 10.1 Å². The van der Waals surface area contributed by atoms with Gasteiger partial charge in [0.1, 0.15) is 11.9 Å². The predicted octanol–water partition coefficient (Wildman–Crippen LogP) is 4.22. The van der Waals surface area contributed by atoms with Crippen molar-refractivity contribution in [2.24, 2.45) is 0 Å². The van der Waals surface area contributed by atoms with Gasteiger partial charge in [0.25, 0.3) is 0 Å². The number of phenols is 1. The van der Waals surface area contributed by atoms with Crippen LogP contribution in [0, 0.1) is 6.92 Å². The highest BCUT2D eigenvalue weighted by Gasteiger charge is 2.41. The summed E-state index contributed by atoms with van der Waals surface area (Å²) in [6, 6.07) is 12.9. The second kappa shape index (κ2) is 8.23. The van der Waals surface area contributed by atoms with Crippen molar-refractivity contribution in [1.82, 2.24) is 20.5 Å². The number of aromatic nitrogens is 3. The van der Waals surface area contributed by atoms with Gasteiger partial charge in [0.2, 0.25) is 5.88 Å². The van der Waals surface area contributed by atoms with E-state index in [1.165, 1.54) is 0 Å². The Morgan fingerprint density at radius 3 is 2.71 bits per heavy atom. The molecule has 2 saturated heterocycles. The van der Waals surface area contributed by atoms with Crippen molar-refractivity contribution >= 4 is 0 Å². The zero-order chi connectivity index (χ0) is 21.4. The molecule has 4 heterocycles. The highest BCUT2D eigenvalue weighted by molar-refractivity contribution is 5.74. The van der Waals surface area contributed by atoms with Crippen molar-refractivity contribution in [2.75, 3.05) is 0 Å². The van der Waals surface area contributed by atoms with Crippen LogP contribution in [0.1, 0.15) is 31.4 Å². The Balaban J connectivity index is 1.32. The minimum absolute atomic E-state index is 0.116. The molecule has 6 nitrogen and oxygen atoms in total. The number of fused-ring (bicyclic) bond motifs is 2. The molecule has 0 radical (unpaired) electrons. The number of aryl methyl sites for hydroxylation is 1. The van der Waals surface area contributed by atoms with Gasteiger partial charge in [-0.05, 0) is 61.2 Å². The number of aromatic hydroxyl groups is 1. The van der Waals surface area contributed by atoms with Gasteiger partial charge in [-0.1, -0.05) is 12.5 Å². The van der Waals surface area contributed by atoms with Gasteiger partial charge in [0.15, 0.2) is 6.17 Å². The lowest BCUT2D eigenvalue weighted by atomic mass is 9.84. The molecule has 3 aromatic rings. The normalized spacial score (nSPS) is 25.2. The van der Waals surface area contributed by atoms with Crippen LogP contribution in [0.4, 0.5) is 4.39 Å². The average molecular weight is 420 g/mol. The first kappa shape index (κ1) is 19.9. The number of halogens is 1. The second-order valence-electron chi connectivity index (χ2n) is 8.41. The highest BCUT2D eigenvalue weighted by Crippen LogP contribution is 2.34. The molecular weight excluding hydrogens is 395 g/mol. The van der Waals surface area contributed by atoms with Crippen LogP contribution in [0.15, 0.2) is 48.7 Å². The van der Waals surface area contributed by atoms with Crippen LogP contribution in [-0.4, -0.2) is 44.6 Å². The van der Waals surface area contributed by atoms with Gasteiger partial charge in [-0.3, -0.25) is 4.98 Å². The van der Waals surface area contributed by atoms with Gasteiger partial charge in [-0.25, -0.2) is 4.39 Å². The summed E-state index contributed by atoms with van der Waals surface area (Å²) in [6.07, 6.45) is 3.79. The monoisotopic (exact) mass is 420 g/mol. The molecule has 2 aliphatic rings. The first-order valence-electron chi connectivity index (χ1n) is 10.7. The van der Waals surface area contributed by atoms with E-state index < -0.39 is 12.3 Å². The van der Waals surface area contributed by atoms with Crippen molar-refractivity contribution in [3.63, 3.8) is 0 Å². The maximum atomic E-state index is 14.7. The number of hydrogen-bond acceptors (Lipinski definition) is 6. The van der Waals surface area contributed by atoms with Crippen LogP contribution in [-0.2, 0) is 0 Å². The summed E-state index contributed by atoms with van der Waals surface area (Å²) in [6.45, 7) is 1.93. The topological polar surface area (TPSA) is 80.2 Å². The molecule has 160 valence electrons. The lowest BCUT2D eigenvalue weighted by molar-refractivity contribution is 0.00652. The maximum Gasteiger partial charge on any atom is 0.233 e. The summed E-state index contributed by atoms with van der Waals surface area (Å²) in [4.78, 5) is 4.20. The molecule has 31 heavy (non-hydrogen) atoms. The quantitative estimate of drug-likeness (QED) is 0.658. The average Bonchev–Trinajstić information content (AvgIpc) is 2.78. The fourth-order valence-corrected chi connectivity index (χ4v) is 4.61. The summed E-state index contributed by atoms with van der Waals surface area (Å²) in [7, 11) is 0. The van der Waals surface area contributed by atoms with Crippen LogP contribution in [0.25, 0.3) is 22.4 Å². The number of nitrogens with one attached hydrogen (secondary N) is 1. The Labute approximate surface area is 180 Å². The number of phenolic OH excluding ortho intramolecular Hbond substituents is 1. The molecule has 2 aliphatic heterocycles. The highest BCUT2D eigenvalue weighted by atomic mass is 19.1. The molecule has 0 amide bonds. The van der Waals surface area contributed by atoms with Gasteiger partial charge in [0.05, 0.1) is 5.69 Å². The molecule has 2 unspecified atom stereocenters. The van der Waals surface area contributed by atoms with E-state index in [4.69, 9.17) is 4.74 Å². The lowest BCUT2D eigenvalue weighted by Gasteiger charge is -2.42. The van der Waals surface area contributed by atoms with Crippen molar-refractivity contribution in [1.29, 1.82) is 0 Å². The van der Waals surface area contributed by atoms with Crippen molar-refractivity contribution < 1.29 is 14.2 Å².